The van der Waals surface area contributed by atoms with Gasteiger partial charge in [-0.05, 0) is 18.9 Å². The lowest BCUT2D eigenvalue weighted by atomic mass is 10.0. The predicted octanol–water partition coefficient (Wildman–Crippen LogP) is 2.05. The molecule has 0 unspecified atom stereocenters. The van der Waals surface area contributed by atoms with Crippen LogP contribution in [0.5, 0.6) is 11.5 Å². The first-order valence-corrected chi connectivity index (χ1v) is 9.69. The molecule has 0 fully saturated rings. The Labute approximate surface area is 184 Å². The zero-order chi connectivity index (χ0) is 23.8. The van der Waals surface area contributed by atoms with E-state index < -0.39 is 24.6 Å². The normalized spacial score (nSPS) is 10.6. The number of hydrogen-bond donors (Lipinski definition) is 1. The molecule has 0 amide bonds. The summed E-state index contributed by atoms with van der Waals surface area (Å²) in [5, 5.41) is 7.92. The van der Waals surface area contributed by atoms with Gasteiger partial charge in [0.25, 0.3) is 0 Å². The summed E-state index contributed by atoms with van der Waals surface area (Å²) in [6.45, 7) is 5.07. The minimum absolute atomic E-state index is 0.0116. The smallest absolute Gasteiger partial charge is 0.493 e. The Kier molecular flexibility index (Phi) is 8.38. The van der Waals surface area contributed by atoms with Gasteiger partial charge in [0.2, 0.25) is 18.2 Å². The van der Waals surface area contributed by atoms with Gasteiger partial charge >= 0.3 is 12.1 Å². The lowest BCUT2D eigenvalue weighted by Gasteiger charge is -2.11. The molecule has 0 radical (unpaired) electrons. The summed E-state index contributed by atoms with van der Waals surface area (Å²) in [4.78, 5) is 38.0. The molecule has 1 aromatic heterocycles. The van der Waals surface area contributed by atoms with Gasteiger partial charge in [-0.3, -0.25) is 4.79 Å². The summed E-state index contributed by atoms with van der Waals surface area (Å²) < 4.78 is 25.1. The third-order valence-corrected chi connectivity index (χ3v) is 3.97. The third-order valence-electron chi connectivity index (χ3n) is 3.97. The van der Waals surface area contributed by atoms with Crippen LogP contribution in [-0.4, -0.2) is 60.3 Å². The third kappa shape index (κ3) is 5.86. The molecule has 2 rings (SSSR count). The van der Waals surface area contributed by atoms with Crippen LogP contribution >= 0.6 is 0 Å². The van der Waals surface area contributed by atoms with Crippen molar-refractivity contribution in [3.63, 3.8) is 0 Å². The molecular weight excluding hydrogens is 424 g/mol. The van der Waals surface area contributed by atoms with Crippen molar-refractivity contribution in [2.45, 2.75) is 27.5 Å². The fourth-order valence-electron chi connectivity index (χ4n) is 2.50. The average molecular weight is 450 g/mol. The summed E-state index contributed by atoms with van der Waals surface area (Å²) in [7, 11) is 2.83. The van der Waals surface area contributed by atoms with Crippen LogP contribution in [0.3, 0.4) is 0 Å². The number of carbonyl (C=O) groups is 3. The lowest BCUT2D eigenvalue weighted by molar-refractivity contribution is 0.0203. The van der Waals surface area contributed by atoms with Gasteiger partial charge in [0.05, 0.1) is 33.0 Å². The maximum atomic E-state index is 13.2. The Balaban J connectivity index is 2.36. The Morgan fingerprint density at radius 3 is 2.22 bits per heavy atom. The molecule has 0 atom stereocenters. The Hall–Kier alpha value is -3.83. The van der Waals surface area contributed by atoms with E-state index in [0.717, 1.165) is 4.80 Å². The van der Waals surface area contributed by atoms with Crippen LogP contribution in [0, 0.1) is 5.92 Å². The van der Waals surface area contributed by atoms with Crippen molar-refractivity contribution in [3.8, 4) is 11.5 Å². The highest BCUT2D eigenvalue weighted by atomic mass is 16.7. The van der Waals surface area contributed by atoms with Crippen molar-refractivity contribution in [2.75, 3.05) is 33.2 Å². The number of ether oxygens (including phenoxy) is 5. The second-order valence-corrected chi connectivity index (χ2v) is 6.84. The van der Waals surface area contributed by atoms with Crippen LogP contribution in [0.25, 0.3) is 0 Å². The van der Waals surface area contributed by atoms with Crippen molar-refractivity contribution in [3.05, 3.63) is 29.1 Å². The number of rotatable bonds is 10. The largest absolute Gasteiger partial charge is 0.510 e. The fourth-order valence-corrected chi connectivity index (χ4v) is 2.50. The van der Waals surface area contributed by atoms with Gasteiger partial charge in [-0.15, -0.1) is 15.0 Å². The van der Waals surface area contributed by atoms with Crippen molar-refractivity contribution >= 4 is 23.6 Å². The number of hydrogen-bond acceptors (Lipinski definition) is 11. The Morgan fingerprint density at radius 1 is 1.00 bits per heavy atom. The lowest BCUT2D eigenvalue weighted by Crippen LogP contribution is -2.16. The van der Waals surface area contributed by atoms with E-state index in [1.807, 2.05) is 13.8 Å². The topological polar surface area (TPSA) is 154 Å². The van der Waals surface area contributed by atoms with Crippen molar-refractivity contribution < 1.29 is 38.1 Å². The van der Waals surface area contributed by atoms with Crippen molar-refractivity contribution in [1.82, 2.24) is 15.0 Å². The molecule has 32 heavy (non-hydrogen) atoms. The molecule has 2 aromatic rings. The number of nitrogens with two attached hydrogens (primary N) is 1. The Bertz CT molecular complexity index is 986. The average Bonchev–Trinajstić information content (AvgIpc) is 3.20. The van der Waals surface area contributed by atoms with Gasteiger partial charge < -0.3 is 29.4 Å². The van der Waals surface area contributed by atoms with Crippen LogP contribution in [0.15, 0.2) is 12.1 Å². The number of nitrogens with zero attached hydrogens (tertiary/aromatic N) is 3. The van der Waals surface area contributed by atoms with Crippen LogP contribution in [0.1, 0.15) is 47.3 Å². The summed E-state index contributed by atoms with van der Waals surface area (Å²) in [5.41, 5.74) is 5.39. The molecule has 174 valence electrons. The van der Waals surface area contributed by atoms with Crippen LogP contribution < -0.4 is 15.2 Å². The quantitative estimate of drug-likeness (QED) is 0.321. The molecule has 1 aromatic carbocycles. The minimum atomic E-state index is -0.939. The van der Waals surface area contributed by atoms with E-state index >= 15 is 0 Å². The molecular formula is C20H26N4O8. The molecule has 0 saturated heterocycles. The molecule has 12 heteroatoms. The summed E-state index contributed by atoms with van der Waals surface area (Å²) in [5.74, 6) is -0.879. The predicted molar refractivity (Wildman–Crippen MR) is 111 cm³/mol. The number of ketones is 1. The molecule has 0 saturated carbocycles. The van der Waals surface area contributed by atoms with Gasteiger partial charge in [-0.2, -0.15) is 0 Å². The van der Waals surface area contributed by atoms with Gasteiger partial charge in [-0.1, -0.05) is 13.8 Å². The number of esters is 1. The minimum Gasteiger partial charge on any atom is -0.493 e. The number of nitrogen functional groups attached to an aromatic ring is 1. The van der Waals surface area contributed by atoms with E-state index in [1.165, 1.54) is 26.4 Å². The second kappa shape index (κ2) is 11.0. The first kappa shape index (κ1) is 24.4. The zero-order valence-electron chi connectivity index (χ0n) is 18.5. The fraction of sp³-hybridized carbons (Fsp3) is 0.450. The molecule has 0 aliphatic carbocycles. The highest BCUT2D eigenvalue weighted by Crippen LogP contribution is 2.33. The number of benzene rings is 1. The first-order chi connectivity index (χ1) is 15.2. The van der Waals surface area contributed by atoms with Gasteiger partial charge in [0.1, 0.15) is 0 Å². The molecule has 0 bridgehead atoms. The van der Waals surface area contributed by atoms with E-state index in [-0.39, 0.29) is 47.5 Å². The zero-order valence-corrected chi connectivity index (χ0v) is 18.5. The van der Waals surface area contributed by atoms with Crippen molar-refractivity contribution in [2.24, 2.45) is 5.92 Å². The van der Waals surface area contributed by atoms with E-state index in [0.29, 0.717) is 5.75 Å². The molecule has 12 nitrogen and oxygen atoms in total. The van der Waals surface area contributed by atoms with Crippen LogP contribution in [-0.2, 0) is 20.9 Å². The van der Waals surface area contributed by atoms with Crippen molar-refractivity contribution in [1.29, 1.82) is 0 Å². The summed E-state index contributed by atoms with van der Waals surface area (Å²) in [6.07, 6.45) is -0.939. The maximum Gasteiger partial charge on any atom is 0.510 e. The second-order valence-electron chi connectivity index (χ2n) is 6.84. The summed E-state index contributed by atoms with van der Waals surface area (Å²) in [6, 6.07) is 2.78. The number of anilines is 1. The molecule has 1 heterocycles. The van der Waals surface area contributed by atoms with Crippen LogP contribution in [0.2, 0.25) is 0 Å². The SMILES string of the molecule is CCOC(=O)c1nn(COC(=O)OCC(C)C)nc1C(=O)c1cc(OC)c(OC)cc1N. The van der Waals surface area contributed by atoms with Crippen LogP contribution in [0.4, 0.5) is 10.5 Å². The number of aromatic nitrogens is 3. The monoisotopic (exact) mass is 450 g/mol. The van der Waals surface area contributed by atoms with Gasteiger partial charge in [-0.25, -0.2) is 9.59 Å². The highest BCUT2D eigenvalue weighted by molar-refractivity contribution is 6.15. The van der Waals surface area contributed by atoms with E-state index in [9.17, 15) is 14.4 Å². The molecule has 0 aliphatic heterocycles. The standard InChI is InChI=1S/C20H26N4O8/c1-6-30-19(26)17-16(22-24(23-17)10-32-20(27)31-9-11(2)3)18(25)12-7-14(28-4)15(29-5)8-13(12)21/h7-8,11H,6,9-10,21H2,1-5H3. The number of methoxy groups -OCH3 is 2. The first-order valence-electron chi connectivity index (χ1n) is 9.69. The van der Waals surface area contributed by atoms with Gasteiger partial charge in [0, 0.05) is 11.8 Å². The van der Waals surface area contributed by atoms with E-state index in [2.05, 4.69) is 10.2 Å². The van der Waals surface area contributed by atoms with E-state index in [4.69, 9.17) is 29.4 Å². The van der Waals surface area contributed by atoms with Gasteiger partial charge in [0.15, 0.2) is 17.2 Å². The maximum absolute atomic E-state index is 13.2. The molecule has 0 aliphatic rings. The number of carbonyl (C=O) groups excluding carboxylic acids is 3. The molecule has 0 spiro atoms. The highest BCUT2D eigenvalue weighted by Gasteiger charge is 2.28. The van der Waals surface area contributed by atoms with E-state index in [1.54, 1.807) is 6.92 Å². The Morgan fingerprint density at radius 2 is 1.62 bits per heavy atom. The summed E-state index contributed by atoms with van der Waals surface area (Å²) >= 11 is 0. The molecule has 2 N–H and O–H groups in total.